The Labute approximate surface area is 91.5 Å². The van der Waals surface area contributed by atoms with Crippen LogP contribution in [0.5, 0.6) is 0 Å². The fraction of sp³-hybridized carbons (Fsp3) is 0.909. The lowest BCUT2D eigenvalue weighted by Crippen LogP contribution is -2.38. The first kappa shape index (κ1) is 12.5. The molecule has 1 rings (SSSR count). The second kappa shape index (κ2) is 6.80. The molecule has 1 aliphatic heterocycles. The van der Waals surface area contributed by atoms with Crippen molar-refractivity contribution in [2.45, 2.75) is 20.3 Å². The highest BCUT2D eigenvalue weighted by Crippen LogP contribution is 2.03. The molecule has 0 bridgehead atoms. The Hall–Kier alpha value is -0.610. The van der Waals surface area contributed by atoms with Crippen molar-refractivity contribution in [2.75, 3.05) is 39.5 Å². The largest absolute Gasteiger partial charge is 0.464 e. The highest BCUT2D eigenvalue weighted by molar-refractivity contribution is 5.71. The predicted octanol–water partition coefficient (Wildman–Crippen LogP) is 0.908. The van der Waals surface area contributed by atoms with Gasteiger partial charge in [-0.2, -0.15) is 0 Å². The van der Waals surface area contributed by atoms with Crippen LogP contribution in [-0.4, -0.2) is 50.3 Å². The maximum absolute atomic E-state index is 11.4. The summed E-state index contributed by atoms with van der Waals surface area (Å²) in [6, 6.07) is 0. The molecule has 0 aromatic rings. The number of esters is 1. The fourth-order valence-corrected chi connectivity index (χ4v) is 1.41. The number of hydrogen-bond acceptors (Lipinski definition) is 4. The molecule has 0 unspecified atom stereocenters. The molecule has 0 amide bonds. The van der Waals surface area contributed by atoms with E-state index in [-0.39, 0.29) is 11.9 Å². The summed E-state index contributed by atoms with van der Waals surface area (Å²) in [4.78, 5) is 13.6. The van der Waals surface area contributed by atoms with Crippen LogP contribution in [0.1, 0.15) is 20.3 Å². The van der Waals surface area contributed by atoms with Gasteiger partial charge in [0.15, 0.2) is 0 Å². The molecule has 0 aromatic heterocycles. The van der Waals surface area contributed by atoms with E-state index in [9.17, 15) is 4.79 Å². The first-order valence-electron chi connectivity index (χ1n) is 5.70. The van der Waals surface area contributed by atoms with Gasteiger partial charge in [0.2, 0.25) is 0 Å². The van der Waals surface area contributed by atoms with Crippen molar-refractivity contribution in [1.82, 2.24) is 4.90 Å². The lowest BCUT2D eigenvalue weighted by molar-refractivity contribution is -0.148. The molecule has 0 saturated carbocycles. The van der Waals surface area contributed by atoms with Crippen LogP contribution in [-0.2, 0) is 14.3 Å². The van der Waals surface area contributed by atoms with Crippen LogP contribution in [0.2, 0.25) is 0 Å². The molecular formula is C11H21NO3. The van der Waals surface area contributed by atoms with Crippen LogP contribution < -0.4 is 0 Å². The standard InChI is InChI=1S/C11H21NO3/c1-3-10(2)11(13)15-9-6-12-4-7-14-8-5-12/h10H,3-9H2,1-2H3/t10-/m0/s1. The molecule has 1 heterocycles. The molecular weight excluding hydrogens is 194 g/mol. The minimum Gasteiger partial charge on any atom is -0.464 e. The van der Waals surface area contributed by atoms with Crippen molar-refractivity contribution in [2.24, 2.45) is 5.92 Å². The van der Waals surface area contributed by atoms with Crippen molar-refractivity contribution < 1.29 is 14.3 Å². The fourth-order valence-electron chi connectivity index (χ4n) is 1.41. The van der Waals surface area contributed by atoms with E-state index in [0.29, 0.717) is 6.61 Å². The van der Waals surface area contributed by atoms with Crippen molar-refractivity contribution in [3.63, 3.8) is 0 Å². The minimum absolute atomic E-state index is 0.0229. The van der Waals surface area contributed by atoms with E-state index >= 15 is 0 Å². The first-order valence-corrected chi connectivity index (χ1v) is 5.70. The average molecular weight is 215 g/mol. The Balaban J connectivity index is 2.07. The van der Waals surface area contributed by atoms with Gasteiger partial charge in [0.05, 0.1) is 19.1 Å². The number of morpholine rings is 1. The quantitative estimate of drug-likeness (QED) is 0.639. The van der Waals surface area contributed by atoms with Crippen LogP contribution in [0.4, 0.5) is 0 Å². The van der Waals surface area contributed by atoms with E-state index in [0.717, 1.165) is 39.3 Å². The topological polar surface area (TPSA) is 38.8 Å². The van der Waals surface area contributed by atoms with Crippen LogP contribution >= 0.6 is 0 Å². The molecule has 4 nitrogen and oxygen atoms in total. The van der Waals surface area contributed by atoms with Crippen molar-refractivity contribution >= 4 is 5.97 Å². The molecule has 1 fully saturated rings. The van der Waals surface area contributed by atoms with Crippen LogP contribution in [0.3, 0.4) is 0 Å². The average Bonchev–Trinajstić information content (AvgIpc) is 2.29. The summed E-state index contributed by atoms with van der Waals surface area (Å²) in [6.07, 6.45) is 0.844. The number of carbonyl (C=O) groups is 1. The van der Waals surface area contributed by atoms with E-state index in [1.165, 1.54) is 0 Å². The highest BCUT2D eigenvalue weighted by atomic mass is 16.5. The molecule has 88 valence electrons. The summed E-state index contributed by atoms with van der Waals surface area (Å²) >= 11 is 0. The maximum Gasteiger partial charge on any atom is 0.308 e. The van der Waals surface area contributed by atoms with Crippen molar-refractivity contribution in [3.05, 3.63) is 0 Å². The van der Waals surface area contributed by atoms with Gasteiger partial charge in [-0.1, -0.05) is 13.8 Å². The predicted molar refractivity (Wildman–Crippen MR) is 57.7 cm³/mol. The Bertz CT molecular complexity index is 190. The number of carbonyl (C=O) groups excluding carboxylic acids is 1. The Morgan fingerprint density at radius 2 is 2.13 bits per heavy atom. The summed E-state index contributed by atoms with van der Waals surface area (Å²) < 4.78 is 10.4. The number of ether oxygens (including phenoxy) is 2. The Morgan fingerprint density at radius 3 is 2.73 bits per heavy atom. The molecule has 0 N–H and O–H groups in total. The molecule has 1 aliphatic rings. The van der Waals surface area contributed by atoms with Gasteiger partial charge in [-0.15, -0.1) is 0 Å². The van der Waals surface area contributed by atoms with Crippen LogP contribution in [0.25, 0.3) is 0 Å². The van der Waals surface area contributed by atoms with E-state index in [1.807, 2.05) is 13.8 Å². The minimum atomic E-state index is -0.0780. The second-order valence-corrected chi connectivity index (χ2v) is 3.93. The van der Waals surface area contributed by atoms with Gasteiger partial charge in [0.1, 0.15) is 6.61 Å². The molecule has 0 spiro atoms. The van der Waals surface area contributed by atoms with E-state index in [1.54, 1.807) is 0 Å². The lowest BCUT2D eigenvalue weighted by atomic mass is 10.1. The third kappa shape index (κ3) is 4.62. The maximum atomic E-state index is 11.4. The summed E-state index contributed by atoms with van der Waals surface area (Å²) in [5, 5.41) is 0. The van der Waals surface area contributed by atoms with Crippen LogP contribution in [0.15, 0.2) is 0 Å². The SMILES string of the molecule is CC[C@H](C)C(=O)OCCN1CCOCC1. The molecule has 15 heavy (non-hydrogen) atoms. The van der Waals surface area contributed by atoms with Crippen LogP contribution in [0, 0.1) is 5.92 Å². The zero-order valence-electron chi connectivity index (χ0n) is 9.70. The molecule has 0 aromatic carbocycles. The van der Waals surface area contributed by atoms with Crippen molar-refractivity contribution in [3.8, 4) is 0 Å². The third-order valence-corrected chi connectivity index (χ3v) is 2.77. The molecule has 0 aliphatic carbocycles. The van der Waals surface area contributed by atoms with E-state index < -0.39 is 0 Å². The number of nitrogens with zero attached hydrogens (tertiary/aromatic N) is 1. The molecule has 1 atom stereocenters. The number of hydrogen-bond donors (Lipinski definition) is 0. The van der Waals surface area contributed by atoms with Gasteiger partial charge < -0.3 is 9.47 Å². The third-order valence-electron chi connectivity index (χ3n) is 2.77. The monoisotopic (exact) mass is 215 g/mol. The van der Waals surface area contributed by atoms with Crippen molar-refractivity contribution in [1.29, 1.82) is 0 Å². The summed E-state index contributed by atoms with van der Waals surface area (Å²) in [5.41, 5.74) is 0. The van der Waals surface area contributed by atoms with E-state index in [4.69, 9.17) is 9.47 Å². The summed E-state index contributed by atoms with van der Waals surface area (Å²) in [6.45, 7) is 8.69. The highest BCUT2D eigenvalue weighted by Gasteiger charge is 2.13. The van der Waals surface area contributed by atoms with Gasteiger partial charge in [-0.3, -0.25) is 9.69 Å². The second-order valence-electron chi connectivity index (χ2n) is 3.93. The van der Waals surface area contributed by atoms with Gasteiger partial charge >= 0.3 is 5.97 Å². The zero-order valence-corrected chi connectivity index (χ0v) is 9.70. The summed E-state index contributed by atoms with van der Waals surface area (Å²) in [5.74, 6) is -0.0551. The van der Waals surface area contributed by atoms with Gasteiger partial charge in [0, 0.05) is 19.6 Å². The first-order chi connectivity index (χ1) is 7.24. The molecule has 4 heteroatoms. The normalized spacial score (nSPS) is 19.9. The van der Waals surface area contributed by atoms with E-state index in [2.05, 4.69) is 4.90 Å². The van der Waals surface area contributed by atoms with Gasteiger partial charge in [-0.05, 0) is 6.42 Å². The molecule has 0 radical (unpaired) electrons. The number of rotatable bonds is 5. The molecule has 1 saturated heterocycles. The smallest absolute Gasteiger partial charge is 0.308 e. The zero-order chi connectivity index (χ0) is 11.1. The Morgan fingerprint density at radius 1 is 1.47 bits per heavy atom. The lowest BCUT2D eigenvalue weighted by Gasteiger charge is -2.26. The summed E-state index contributed by atoms with van der Waals surface area (Å²) in [7, 11) is 0. The van der Waals surface area contributed by atoms with Gasteiger partial charge in [0.25, 0.3) is 0 Å². The Kier molecular flexibility index (Phi) is 5.65. The van der Waals surface area contributed by atoms with Gasteiger partial charge in [-0.25, -0.2) is 0 Å².